The molecule has 4 fully saturated rings. The Labute approximate surface area is 89.8 Å². The molecule has 0 aromatic heterocycles. The SMILES string of the molecule is Cl.NC12CC3CC(C1)OC(=O)C(C3)C2. The van der Waals surface area contributed by atoms with Gasteiger partial charge in [-0.2, -0.15) is 0 Å². The van der Waals surface area contributed by atoms with Gasteiger partial charge in [-0.25, -0.2) is 0 Å². The number of esters is 1. The fourth-order valence-corrected chi connectivity index (χ4v) is 3.50. The normalized spacial score (nSPS) is 49.5. The molecule has 4 unspecified atom stereocenters. The minimum Gasteiger partial charge on any atom is -0.462 e. The maximum atomic E-state index is 11.5. The van der Waals surface area contributed by atoms with Gasteiger partial charge in [0, 0.05) is 12.0 Å². The molecule has 4 rings (SSSR count). The van der Waals surface area contributed by atoms with Crippen molar-refractivity contribution in [1.29, 1.82) is 0 Å². The van der Waals surface area contributed by atoms with Crippen molar-refractivity contribution in [2.75, 3.05) is 0 Å². The van der Waals surface area contributed by atoms with Crippen LogP contribution in [0.4, 0.5) is 0 Å². The lowest BCUT2D eigenvalue weighted by atomic mass is 9.64. The zero-order valence-electron chi connectivity index (χ0n) is 8.07. The molecule has 2 N–H and O–H groups in total. The fourth-order valence-electron chi connectivity index (χ4n) is 3.50. The molecule has 2 heterocycles. The second-order valence-electron chi connectivity index (χ2n) is 5.07. The van der Waals surface area contributed by atoms with E-state index in [0.717, 1.165) is 32.1 Å². The third kappa shape index (κ3) is 1.43. The maximum absolute atomic E-state index is 11.5. The summed E-state index contributed by atoms with van der Waals surface area (Å²) in [4.78, 5) is 11.5. The number of nitrogens with two attached hydrogens (primary N) is 1. The average Bonchev–Trinajstić information content (AvgIpc) is 2.12. The molecule has 4 aliphatic rings. The van der Waals surface area contributed by atoms with Gasteiger partial charge in [-0.15, -0.1) is 12.4 Å². The number of fused-ring (bicyclic) bond motifs is 1. The largest absolute Gasteiger partial charge is 0.462 e. The van der Waals surface area contributed by atoms with Crippen LogP contribution in [-0.2, 0) is 9.53 Å². The average molecular weight is 218 g/mol. The quantitative estimate of drug-likeness (QED) is 0.622. The maximum Gasteiger partial charge on any atom is 0.309 e. The Kier molecular flexibility index (Phi) is 2.27. The van der Waals surface area contributed by atoms with Crippen molar-refractivity contribution in [3.63, 3.8) is 0 Å². The van der Waals surface area contributed by atoms with Crippen molar-refractivity contribution in [2.45, 2.75) is 43.7 Å². The summed E-state index contributed by atoms with van der Waals surface area (Å²) < 4.78 is 5.38. The standard InChI is InChI=1S/C10H15NO2.ClH/c11-10-3-6-1-7(4-10)9(12)13-8(2-6)5-10;/h6-8H,1-5,11H2;1H. The number of halogens is 1. The predicted molar refractivity (Wildman–Crippen MR) is 54.1 cm³/mol. The first-order chi connectivity index (χ1) is 6.15. The number of hydrogen-bond donors (Lipinski definition) is 1. The van der Waals surface area contributed by atoms with Crippen LogP contribution in [0.25, 0.3) is 0 Å². The van der Waals surface area contributed by atoms with E-state index < -0.39 is 0 Å². The molecule has 0 spiro atoms. The third-order valence-corrected chi connectivity index (χ3v) is 3.81. The van der Waals surface area contributed by atoms with Crippen molar-refractivity contribution in [2.24, 2.45) is 17.6 Å². The number of ether oxygens (including phenoxy) is 1. The summed E-state index contributed by atoms with van der Waals surface area (Å²) in [5.74, 6) is 0.768. The zero-order chi connectivity index (χ0) is 9.05. The molecule has 2 saturated heterocycles. The van der Waals surface area contributed by atoms with E-state index in [1.165, 1.54) is 0 Å². The first-order valence-corrected chi connectivity index (χ1v) is 5.14. The molecule has 14 heavy (non-hydrogen) atoms. The van der Waals surface area contributed by atoms with Gasteiger partial charge in [0.2, 0.25) is 0 Å². The number of rotatable bonds is 0. The van der Waals surface area contributed by atoms with Gasteiger partial charge < -0.3 is 10.5 Å². The minimum absolute atomic E-state index is 0. The lowest BCUT2D eigenvalue weighted by Crippen LogP contribution is -2.51. The summed E-state index contributed by atoms with van der Waals surface area (Å²) in [5, 5.41) is 0. The van der Waals surface area contributed by atoms with Crippen molar-refractivity contribution in [3.05, 3.63) is 0 Å². The predicted octanol–water partition coefficient (Wildman–Crippen LogP) is 1.24. The Bertz CT molecular complexity index is 271. The molecule has 0 aromatic rings. The fraction of sp³-hybridized carbons (Fsp3) is 0.900. The molecule has 4 bridgehead atoms. The smallest absolute Gasteiger partial charge is 0.309 e. The molecular formula is C10H16ClNO2. The Morgan fingerprint density at radius 1 is 1.29 bits per heavy atom. The van der Waals surface area contributed by atoms with Gasteiger partial charge in [0.15, 0.2) is 0 Å². The first-order valence-electron chi connectivity index (χ1n) is 5.14. The van der Waals surface area contributed by atoms with Gasteiger partial charge in [-0.05, 0) is 31.6 Å². The van der Waals surface area contributed by atoms with E-state index in [4.69, 9.17) is 10.5 Å². The summed E-state index contributed by atoms with van der Waals surface area (Å²) in [5.41, 5.74) is 6.17. The van der Waals surface area contributed by atoms with Crippen molar-refractivity contribution < 1.29 is 9.53 Å². The van der Waals surface area contributed by atoms with Crippen molar-refractivity contribution >= 4 is 18.4 Å². The van der Waals surface area contributed by atoms with Crippen LogP contribution >= 0.6 is 12.4 Å². The van der Waals surface area contributed by atoms with Gasteiger partial charge in [0.1, 0.15) is 6.10 Å². The molecule has 2 aliphatic heterocycles. The van der Waals surface area contributed by atoms with E-state index >= 15 is 0 Å². The monoisotopic (exact) mass is 217 g/mol. The summed E-state index contributed by atoms with van der Waals surface area (Å²) in [6, 6.07) is 0. The van der Waals surface area contributed by atoms with Crippen molar-refractivity contribution in [1.82, 2.24) is 0 Å². The van der Waals surface area contributed by atoms with Crippen LogP contribution in [0.5, 0.6) is 0 Å². The van der Waals surface area contributed by atoms with Gasteiger partial charge in [0.25, 0.3) is 0 Å². The lowest BCUT2D eigenvalue weighted by molar-refractivity contribution is -0.151. The first kappa shape index (κ1) is 10.2. The van der Waals surface area contributed by atoms with E-state index in [-0.39, 0.29) is 35.9 Å². The van der Waals surface area contributed by atoms with E-state index in [2.05, 4.69) is 0 Å². The van der Waals surface area contributed by atoms with Crippen LogP contribution in [0.2, 0.25) is 0 Å². The summed E-state index contributed by atoms with van der Waals surface area (Å²) in [6.07, 6.45) is 5.07. The van der Waals surface area contributed by atoms with Crippen LogP contribution in [0.1, 0.15) is 32.1 Å². The zero-order valence-corrected chi connectivity index (χ0v) is 8.89. The number of carbonyl (C=O) groups is 1. The molecule has 2 saturated carbocycles. The highest BCUT2D eigenvalue weighted by molar-refractivity contribution is 5.85. The van der Waals surface area contributed by atoms with Crippen LogP contribution in [0.3, 0.4) is 0 Å². The number of carbonyl (C=O) groups excluding carboxylic acids is 1. The Hall–Kier alpha value is -0.280. The van der Waals surface area contributed by atoms with E-state index in [1.807, 2.05) is 0 Å². The van der Waals surface area contributed by atoms with E-state index in [9.17, 15) is 4.79 Å². The van der Waals surface area contributed by atoms with Gasteiger partial charge >= 0.3 is 5.97 Å². The minimum atomic E-state index is -0.0807. The molecule has 0 amide bonds. The second-order valence-corrected chi connectivity index (χ2v) is 5.07. The highest BCUT2D eigenvalue weighted by Crippen LogP contribution is 2.48. The summed E-state index contributed by atoms with van der Waals surface area (Å²) >= 11 is 0. The lowest BCUT2D eigenvalue weighted by Gasteiger charge is -2.43. The highest BCUT2D eigenvalue weighted by Gasteiger charge is 2.50. The Morgan fingerprint density at radius 2 is 2.07 bits per heavy atom. The summed E-state index contributed by atoms with van der Waals surface area (Å²) in [6.45, 7) is 0. The van der Waals surface area contributed by atoms with Gasteiger partial charge in [-0.3, -0.25) is 4.79 Å². The Balaban J connectivity index is 0.000000750. The van der Waals surface area contributed by atoms with E-state index in [1.54, 1.807) is 0 Å². The Morgan fingerprint density at radius 3 is 2.79 bits per heavy atom. The molecular weight excluding hydrogens is 202 g/mol. The van der Waals surface area contributed by atoms with Crippen LogP contribution in [0, 0.1) is 11.8 Å². The van der Waals surface area contributed by atoms with Crippen LogP contribution < -0.4 is 5.73 Å². The topological polar surface area (TPSA) is 52.3 Å². The molecule has 4 atom stereocenters. The highest BCUT2D eigenvalue weighted by atomic mass is 35.5. The molecule has 80 valence electrons. The van der Waals surface area contributed by atoms with Crippen molar-refractivity contribution in [3.8, 4) is 0 Å². The third-order valence-electron chi connectivity index (χ3n) is 3.81. The number of hydrogen-bond acceptors (Lipinski definition) is 3. The second kappa shape index (κ2) is 3.11. The van der Waals surface area contributed by atoms with Crippen LogP contribution in [0.15, 0.2) is 0 Å². The molecule has 2 aliphatic carbocycles. The molecule has 0 aromatic carbocycles. The molecule has 4 heteroatoms. The van der Waals surface area contributed by atoms with E-state index in [0.29, 0.717) is 5.92 Å². The molecule has 0 radical (unpaired) electrons. The van der Waals surface area contributed by atoms with Gasteiger partial charge in [-0.1, -0.05) is 0 Å². The molecule has 3 nitrogen and oxygen atoms in total. The van der Waals surface area contributed by atoms with Crippen LogP contribution in [-0.4, -0.2) is 17.6 Å². The van der Waals surface area contributed by atoms with Gasteiger partial charge in [0.05, 0.1) is 5.92 Å². The summed E-state index contributed by atoms with van der Waals surface area (Å²) in [7, 11) is 0.